The van der Waals surface area contributed by atoms with Crippen LogP contribution in [-0.4, -0.2) is 26.8 Å². The van der Waals surface area contributed by atoms with Crippen molar-refractivity contribution in [2.24, 2.45) is 7.05 Å². The number of anilines is 1. The zero-order valence-corrected chi connectivity index (χ0v) is 10.0. The standard InChI is InChI=1S/C10H13N5S/c1-11-10-5-12-8(3-13-10)7-16-9-4-14-15(2)6-9/h3-6H,7H2,1-2H3,(H,11,13). The molecule has 0 fully saturated rings. The zero-order valence-electron chi connectivity index (χ0n) is 9.21. The van der Waals surface area contributed by atoms with Crippen molar-refractivity contribution < 1.29 is 0 Å². The number of thioether (sulfide) groups is 1. The molecule has 0 amide bonds. The van der Waals surface area contributed by atoms with E-state index in [1.807, 2.05) is 26.5 Å². The van der Waals surface area contributed by atoms with E-state index in [-0.39, 0.29) is 0 Å². The van der Waals surface area contributed by atoms with Crippen LogP contribution in [0.1, 0.15) is 5.69 Å². The van der Waals surface area contributed by atoms with Gasteiger partial charge in [0.25, 0.3) is 0 Å². The molecule has 0 unspecified atom stereocenters. The van der Waals surface area contributed by atoms with Crippen LogP contribution in [0.4, 0.5) is 5.82 Å². The van der Waals surface area contributed by atoms with Gasteiger partial charge >= 0.3 is 0 Å². The molecule has 2 aromatic heterocycles. The van der Waals surface area contributed by atoms with Crippen LogP contribution in [0.25, 0.3) is 0 Å². The molecule has 0 aliphatic rings. The maximum absolute atomic E-state index is 4.30. The van der Waals surface area contributed by atoms with Crippen LogP contribution >= 0.6 is 11.8 Å². The second-order valence-corrected chi connectivity index (χ2v) is 4.33. The molecule has 2 rings (SSSR count). The Kier molecular flexibility index (Phi) is 3.40. The van der Waals surface area contributed by atoms with Crippen molar-refractivity contribution in [1.82, 2.24) is 19.7 Å². The molecule has 2 heterocycles. The van der Waals surface area contributed by atoms with Gasteiger partial charge in [-0.3, -0.25) is 9.67 Å². The Morgan fingerprint density at radius 1 is 1.31 bits per heavy atom. The molecule has 0 aromatic carbocycles. The molecule has 0 aliphatic heterocycles. The number of nitrogens with zero attached hydrogens (tertiary/aromatic N) is 4. The van der Waals surface area contributed by atoms with Gasteiger partial charge in [0.05, 0.1) is 24.3 Å². The molecule has 5 nitrogen and oxygen atoms in total. The molecule has 16 heavy (non-hydrogen) atoms. The second kappa shape index (κ2) is 4.98. The van der Waals surface area contributed by atoms with Crippen LogP contribution in [0.15, 0.2) is 29.7 Å². The van der Waals surface area contributed by atoms with E-state index in [1.165, 1.54) is 0 Å². The van der Waals surface area contributed by atoms with Crippen molar-refractivity contribution in [3.63, 3.8) is 0 Å². The van der Waals surface area contributed by atoms with Crippen molar-refractivity contribution in [2.45, 2.75) is 10.6 Å². The van der Waals surface area contributed by atoms with Crippen molar-refractivity contribution in [1.29, 1.82) is 0 Å². The van der Waals surface area contributed by atoms with Gasteiger partial charge in [-0.2, -0.15) is 5.10 Å². The number of hydrogen-bond donors (Lipinski definition) is 1. The molecule has 0 radical (unpaired) electrons. The van der Waals surface area contributed by atoms with Crippen molar-refractivity contribution >= 4 is 17.6 Å². The number of rotatable bonds is 4. The maximum atomic E-state index is 4.30. The third kappa shape index (κ3) is 2.73. The average molecular weight is 235 g/mol. The highest BCUT2D eigenvalue weighted by atomic mass is 32.2. The van der Waals surface area contributed by atoms with Gasteiger partial charge in [-0.1, -0.05) is 0 Å². The molecular formula is C10H13N5S. The summed E-state index contributed by atoms with van der Waals surface area (Å²) >= 11 is 1.70. The Morgan fingerprint density at radius 2 is 2.19 bits per heavy atom. The summed E-state index contributed by atoms with van der Waals surface area (Å²) in [7, 11) is 3.74. The fraction of sp³-hybridized carbons (Fsp3) is 0.300. The average Bonchev–Trinajstić information content (AvgIpc) is 2.73. The quantitative estimate of drug-likeness (QED) is 0.815. The molecule has 1 N–H and O–H groups in total. The van der Waals surface area contributed by atoms with Crippen molar-refractivity contribution in [3.05, 3.63) is 30.5 Å². The van der Waals surface area contributed by atoms with Crippen LogP contribution in [0.2, 0.25) is 0 Å². The summed E-state index contributed by atoms with van der Waals surface area (Å²) in [6.45, 7) is 0. The zero-order chi connectivity index (χ0) is 11.4. The minimum Gasteiger partial charge on any atom is -0.372 e. The van der Waals surface area contributed by atoms with Gasteiger partial charge in [0.2, 0.25) is 0 Å². The lowest BCUT2D eigenvalue weighted by Crippen LogP contribution is -1.95. The van der Waals surface area contributed by atoms with Gasteiger partial charge in [-0.25, -0.2) is 4.98 Å². The molecule has 0 saturated carbocycles. The van der Waals surface area contributed by atoms with Crippen LogP contribution < -0.4 is 5.32 Å². The van der Waals surface area contributed by atoms with Crippen LogP contribution in [0.5, 0.6) is 0 Å². The first-order chi connectivity index (χ1) is 7.78. The van der Waals surface area contributed by atoms with E-state index >= 15 is 0 Å². The highest BCUT2D eigenvalue weighted by Gasteiger charge is 2.00. The Labute approximate surface area is 98.3 Å². The molecule has 6 heteroatoms. The van der Waals surface area contributed by atoms with E-state index in [1.54, 1.807) is 28.8 Å². The summed E-state index contributed by atoms with van der Waals surface area (Å²) in [6.07, 6.45) is 7.36. The van der Waals surface area contributed by atoms with E-state index in [0.29, 0.717) is 0 Å². The SMILES string of the molecule is CNc1cnc(CSc2cnn(C)c2)cn1. The number of aromatic nitrogens is 4. The smallest absolute Gasteiger partial charge is 0.144 e. The van der Waals surface area contributed by atoms with E-state index in [4.69, 9.17) is 0 Å². The summed E-state index contributed by atoms with van der Waals surface area (Å²) in [4.78, 5) is 9.65. The van der Waals surface area contributed by atoms with E-state index in [2.05, 4.69) is 20.4 Å². The normalized spacial score (nSPS) is 10.4. The maximum Gasteiger partial charge on any atom is 0.144 e. The van der Waals surface area contributed by atoms with Gasteiger partial charge in [0, 0.05) is 30.9 Å². The third-order valence-electron chi connectivity index (χ3n) is 2.03. The number of hydrogen-bond acceptors (Lipinski definition) is 5. The van der Waals surface area contributed by atoms with Gasteiger partial charge in [0.15, 0.2) is 0 Å². The van der Waals surface area contributed by atoms with Gasteiger partial charge in [0.1, 0.15) is 5.82 Å². The third-order valence-corrected chi connectivity index (χ3v) is 3.01. The van der Waals surface area contributed by atoms with Crippen molar-refractivity contribution in [2.75, 3.05) is 12.4 Å². The molecule has 84 valence electrons. The second-order valence-electron chi connectivity index (χ2n) is 3.28. The summed E-state index contributed by atoms with van der Waals surface area (Å²) in [6, 6.07) is 0. The predicted molar refractivity (Wildman–Crippen MR) is 64.3 cm³/mol. The Morgan fingerprint density at radius 3 is 2.75 bits per heavy atom. The van der Waals surface area contributed by atoms with Crippen LogP contribution in [0, 0.1) is 0 Å². The van der Waals surface area contributed by atoms with Crippen molar-refractivity contribution in [3.8, 4) is 0 Å². The monoisotopic (exact) mass is 235 g/mol. The molecular weight excluding hydrogens is 222 g/mol. The molecule has 0 atom stereocenters. The van der Waals surface area contributed by atoms with E-state index < -0.39 is 0 Å². The lowest BCUT2D eigenvalue weighted by atomic mass is 10.5. The fourth-order valence-corrected chi connectivity index (χ4v) is 2.00. The summed E-state index contributed by atoms with van der Waals surface area (Å²) in [5.41, 5.74) is 0.966. The first-order valence-electron chi connectivity index (χ1n) is 4.88. The summed E-state index contributed by atoms with van der Waals surface area (Å²) in [5.74, 6) is 1.60. The molecule has 0 saturated heterocycles. The first kappa shape index (κ1) is 10.9. The Hall–Kier alpha value is -1.56. The highest BCUT2D eigenvalue weighted by molar-refractivity contribution is 7.98. The molecule has 0 spiro atoms. The largest absolute Gasteiger partial charge is 0.372 e. The first-order valence-corrected chi connectivity index (χ1v) is 5.86. The van der Waals surface area contributed by atoms with Crippen LogP contribution in [0.3, 0.4) is 0 Å². The number of aryl methyl sites for hydroxylation is 1. The van der Waals surface area contributed by atoms with Gasteiger partial charge in [-0.15, -0.1) is 11.8 Å². The fourth-order valence-electron chi connectivity index (χ4n) is 1.19. The lowest BCUT2D eigenvalue weighted by Gasteiger charge is -2.00. The Balaban J connectivity index is 1.94. The molecule has 0 aliphatic carbocycles. The molecule has 2 aromatic rings. The highest BCUT2D eigenvalue weighted by Crippen LogP contribution is 2.20. The predicted octanol–water partition coefficient (Wildman–Crippen LogP) is 1.54. The topological polar surface area (TPSA) is 55.6 Å². The summed E-state index contributed by atoms with van der Waals surface area (Å²) < 4.78 is 1.79. The van der Waals surface area contributed by atoms with Crippen LogP contribution in [-0.2, 0) is 12.8 Å². The minimum atomic E-state index is 0.787. The van der Waals surface area contributed by atoms with E-state index in [9.17, 15) is 0 Å². The van der Waals surface area contributed by atoms with E-state index in [0.717, 1.165) is 22.2 Å². The summed E-state index contributed by atoms with van der Waals surface area (Å²) in [5, 5.41) is 7.04. The van der Waals surface area contributed by atoms with Gasteiger partial charge < -0.3 is 5.32 Å². The number of nitrogens with one attached hydrogen (secondary N) is 1. The molecule has 0 bridgehead atoms. The van der Waals surface area contributed by atoms with Gasteiger partial charge in [-0.05, 0) is 0 Å². The Bertz CT molecular complexity index is 450. The lowest BCUT2D eigenvalue weighted by molar-refractivity contribution is 0.766. The minimum absolute atomic E-state index is 0.787.